The molecule has 0 aromatic carbocycles. The third-order valence-corrected chi connectivity index (χ3v) is 4.69. The second kappa shape index (κ2) is 6.62. The van der Waals surface area contributed by atoms with Crippen LogP contribution >= 0.6 is 0 Å². The van der Waals surface area contributed by atoms with Gasteiger partial charge in [-0.15, -0.1) is 0 Å². The van der Waals surface area contributed by atoms with Gasteiger partial charge in [0.15, 0.2) is 0 Å². The van der Waals surface area contributed by atoms with Crippen molar-refractivity contribution >= 4 is 11.7 Å². The SMILES string of the molecule is Nc1cccc(C(=O)N2CCC(N3CCCC(O)C3)CC2)n1. The van der Waals surface area contributed by atoms with Gasteiger partial charge in [-0.05, 0) is 44.4 Å². The van der Waals surface area contributed by atoms with E-state index in [-0.39, 0.29) is 12.0 Å². The standard InChI is InChI=1S/C16H24N4O2/c17-15-5-1-4-14(18-15)16(22)19-9-6-12(7-10-19)20-8-2-3-13(21)11-20/h1,4-5,12-13,21H,2-3,6-11H2,(H2,17,18). The van der Waals surface area contributed by atoms with E-state index in [0.717, 1.165) is 51.9 Å². The summed E-state index contributed by atoms with van der Waals surface area (Å²) in [4.78, 5) is 20.8. The minimum Gasteiger partial charge on any atom is -0.392 e. The summed E-state index contributed by atoms with van der Waals surface area (Å²) in [5.74, 6) is 0.340. The van der Waals surface area contributed by atoms with Crippen LogP contribution in [-0.2, 0) is 0 Å². The number of piperidine rings is 2. The highest BCUT2D eigenvalue weighted by molar-refractivity contribution is 5.92. The number of anilines is 1. The lowest BCUT2D eigenvalue weighted by atomic mass is 9.99. The van der Waals surface area contributed by atoms with Gasteiger partial charge in [0.25, 0.3) is 5.91 Å². The fraction of sp³-hybridized carbons (Fsp3) is 0.625. The molecule has 0 saturated carbocycles. The summed E-state index contributed by atoms with van der Waals surface area (Å²) in [6, 6.07) is 5.64. The van der Waals surface area contributed by atoms with Crippen LogP contribution in [0.15, 0.2) is 18.2 Å². The number of hydrogen-bond acceptors (Lipinski definition) is 5. The van der Waals surface area contributed by atoms with Gasteiger partial charge in [0.1, 0.15) is 11.5 Å². The van der Waals surface area contributed by atoms with Crippen LogP contribution in [0.5, 0.6) is 0 Å². The number of likely N-dealkylation sites (tertiary alicyclic amines) is 2. The van der Waals surface area contributed by atoms with Crippen molar-refractivity contribution in [3.8, 4) is 0 Å². The number of β-amino-alcohol motifs (C(OH)–C–C–N with tert-alkyl or cyclic N) is 1. The molecule has 1 aromatic heterocycles. The molecule has 2 fully saturated rings. The molecule has 1 unspecified atom stereocenters. The third-order valence-electron chi connectivity index (χ3n) is 4.69. The average Bonchev–Trinajstić information content (AvgIpc) is 2.54. The van der Waals surface area contributed by atoms with Gasteiger partial charge in [0, 0.05) is 25.7 Å². The van der Waals surface area contributed by atoms with Gasteiger partial charge in [-0.1, -0.05) is 6.07 Å². The van der Waals surface area contributed by atoms with Crippen LogP contribution in [0, 0.1) is 0 Å². The maximum Gasteiger partial charge on any atom is 0.272 e. The number of pyridine rings is 1. The molecule has 3 rings (SSSR count). The molecule has 6 nitrogen and oxygen atoms in total. The highest BCUT2D eigenvalue weighted by atomic mass is 16.3. The fourth-order valence-electron chi connectivity index (χ4n) is 3.48. The van der Waals surface area contributed by atoms with Gasteiger partial charge in [0.2, 0.25) is 0 Å². The van der Waals surface area contributed by atoms with Gasteiger partial charge < -0.3 is 15.7 Å². The van der Waals surface area contributed by atoms with Crippen LogP contribution < -0.4 is 5.73 Å². The van der Waals surface area contributed by atoms with Gasteiger partial charge in [-0.2, -0.15) is 0 Å². The van der Waals surface area contributed by atoms with E-state index in [1.54, 1.807) is 18.2 Å². The summed E-state index contributed by atoms with van der Waals surface area (Å²) >= 11 is 0. The Morgan fingerprint density at radius 1 is 1.23 bits per heavy atom. The van der Waals surface area contributed by atoms with Crippen LogP contribution in [0.2, 0.25) is 0 Å². The molecule has 2 saturated heterocycles. The van der Waals surface area contributed by atoms with Crippen LogP contribution in [0.1, 0.15) is 36.2 Å². The lowest BCUT2D eigenvalue weighted by molar-refractivity contribution is 0.0239. The van der Waals surface area contributed by atoms with E-state index in [0.29, 0.717) is 17.6 Å². The van der Waals surface area contributed by atoms with Gasteiger partial charge >= 0.3 is 0 Å². The molecule has 1 atom stereocenters. The van der Waals surface area contributed by atoms with Crippen molar-refractivity contribution < 1.29 is 9.90 Å². The molecule has 1 aromatic rings. The highest BCUT2D eigenvalue weighted by Crippen LogP contribution is 2.22. The lowest BCUT2D eigenvalue weighted by Crippen LogP contribution is -2.50. The summed E-state index contributed by atoms with van der Waals surface area (Å²) < 4.78 is 0. The molecular weight excluding hydrogens is 280 g/mol. The normalized spacial score (nSPS) is 24.4. The molecule has 0 spiro atoms. The van der Waals surface area contributed by atoms with Crippen molar-refractivity contribution in [2.75, 3.05) is 31.9 Å². The minimum atomic E-state index is -0.190. The van der Waals surface area contributed by atoms with Crippen LogP contribution in [0.4, 0.5) is 5.82 Å². The maximum atomic E-state index is 12.4. The minimum absolute atomic E-state index is 0.0376. The van der Waals surface area contributed by atoms with E-state index in [4.69, 9.17) is 5.73 Å². The van der Waals surface area contributed by atoms with E-state index in [1.807, 2.05) is 4.90 Å². The van der Waals surface area contributed by atoms with Crippen LogP contribution in [0.3, 0.4) is 0 Å². The summed E-state index contributed by atoms with van der Waals surface area (Å²) in [6.45, 7) is 3.32. The number of aliphatic hydroxyl groups is 1. The average molecular weight is 304 g/mol. The summed E-state index contributed by atoms with van der Waals surface area (Å²) in [5, 5.41) is 9.80. The topological polar surface area (TPSA) is 82.7 Å². The Bertz CT molecular complexity index is 529. The molecular formula is C16H24N4O2. The zero-order valence-electron chi connectivity index (χ0n) is 12.8. The predicted octanol–water partition coefficient (Wildman–Crippen LogP) is 0.725. The first kappa shape index (κ1) is 15.2. The Hall–Kier alpha value is -1.66. The predicted molar refractivity (Wildman–Crippen MR) is 84.4 cm³/mol. The number of nitrogens with zero attached hydrogens (tertiary/aromatic N) is 3. The molecule has 22 heavy (non-hydrogen) atoms. The molecule has 3 heterocycles. The molecule has 1 amide bonds. The molecule has 6 heteroatoms. The Morgan fingerprint density at radius 2 is 2.00 bits per heavy atom. The molecule has 3 N–H and O–H groups in total. The van der Waals surface area contributed by atoms with E-state index in [2.05, 4.69) is 9.88 Å². The number of aromatic nitrogens is 1. The van der Waals surface area contributed by atoms with Crippen molar-refractivity contribution in [1.82, 2.24) is 14.8 Å². The first-order valence-electron chi connectivity index (χ1n) is 8.07. The van der Waals surface area contributed by atoms with Gasteiger partial charge in [-0.25, -0.2) is 4.98 Å². The molecule has 120 valence electrons. The number of hydrogen-bond donors (Lipinski definition) is 2. The van der Waals surface area contributed by atoms with Gasteiger partial charge in [0.05, 0.1) is 6.10 Å². The Labute approximate surface area is 130 Å². The second-order valence-corrected chi connectivity index (χ2v) is 6.26. The zero-order chi connectivity index (χ0) is 15.5. The zero-order valence-corrected chi connectivity index (χ0v) is 12.8. The second-order valence-electron chi connectivity index (χ2n) is 6.26. The summed E-state index contributed by atoms with van der Waals surface area (Å²) in [6.07, 6.45) is 3.70. The van der Waals surface area contributed by atoms with Crippen LogP contribution in [-0.4, -0.2) is 64.1 Å². The molecule has 0 aliphatic carbocycles. The molecule has 2 aliphatic heterocycles. The first-order valence-corrected chi connectivity index (χ1v) is 8.07. The number of carbonyl (C=O) groups is 1. The lowest BCUT2D eigenvalue weighted by Gasteiger charge is -2.41. The fourth-order valence-corrected chi connectivity index (χ4v) is 3.48. The van der Waals surface area contributed by atoms with Gasteiger partial charge in [-0.3, -0.25) is 9.69 Å². The highest BCUT2D eigenvalue weighted by Gasteiger charge is 2.30. The maximum absolute atomic E-state index is 12.4. The largest absolute Gasteiger partial charge is 0.392 e. The van der Waals surface area contributed by atoms with Crippen molar-refractivity contribution in [3.63, 3.8) is 0 Å². The molecule has 0 bridgehead atoms. The number of nitrogens with two attached hydrogens (primary N) is 1. The summed E-state index contributed by atoms with van der Waals surface area (Å²) in [5.41, 5.74) is 6.07. The third kappa shape index (κ3) is 3.39. The quantitative estimate of drug-likeness (QED) is 0.841. The van der Waals surface area contributed by atoms with Crippen molar-refractivity contribution in [1.29, 1.82) is 0 Å². The number of amides is 1. The number of carbonyl (C=O) groups excluding carboxylic acids is 1. The smallest absolute Gasteiger partial charge is 0.272 e. The first-order chi connectivity index (χ1) is 10.6. The van der Waals surface area contributed by atoms with Crippen LogP contribution in [0.25, 0.3) is 0 Å². The van der Waals surface area contributed by atoms with Crippen molar-refractivity contribution in [2.24, 2.45) is 0 Å². The Balaban J connectivity index is 1.56. The van der Waals surface area contributed by atoms with E-state index >= 15 is 0 Å². The van der Waals surface area contributed by atoms with E-state index in [1.165, 1.54) is 0 Å². The number of rotatable bonds is 2. The molecule has 0 radical (unpaired) electrons. The Morgan fingerprint density at radius 3 is 2.68 bits per heavy atom. The van der Waals surface area contributed by atoms with Crippen molar-refractivity contribution in [2.45, 2.75) is 37.8 Å². The Kier molecular flexibility index (Phi) is 4.59. The number of nitrogen functional groups attached to an aromatic ring is 1. The molecule has 2 aliphatic rings. The number of aliphatic hydroxyl groups excluding tert-OH is 1. The van der Waals surface area contributed by atoms with Crippen molar-refractivity contribution in [3.05, 3.63) is 23.9 Å². The van der Waals surface area contributed by atoms with E-state index in [9.17, 15) is 9.90 Å². The summed E-state index contributed by atoms with van der Waals surface area (Å²) in [7, 11) is 0. The monoisotopic (exact) mass is 304 g/mol. The van der Waals surface area contributed by atoms with E-state index < -0.39 is 0 Å².